The molecule has 0 aromatic heterocycles. The third kappa shape index (κ3) is 3.98. The van der Waals surface area contributed by atoms with Crippen molar-refractivity contribution in [2.75, 3.05) is 46.8 Å². The molecule has 0 unspecified atom stereocenters. The van der Waals surface area contributed by atoms with Crippen molar-refractivity contribution in [1.29, 1.82) is 0 Å². The van der Waals surface area contributed by atoms with E-state index in [0.29, 0.717) is 26.2 Å². The molecule has 29 heavy (non-hydrogen) atoms. The molecule has 0 spiro atoms. The predicted molar refractivity (Wildman–Crippen MR) is 111 cm³/mol. The Morgan fingerprint density at radius 2 is 1.55 bits per heavy atom. The Balaban J connectivity index is 1.55. The molecule has 152 valence electrons. The average Bonchev–Trinajstić information content (AvgIpc) is 2.97. The van der Waals surface area contributed by atoms with Gasteiger partial charge in [0, 0.05) is 51.4 Å². The van der Waals surface area contributed by atoms with Crippen molar-refractivity contribution < 1.29 is 14.3 Å². The first-order valence-electron chi connectivity index (χ1n) is 10.1. The van der Waals surface area contributed by atoms with Crippen molar-refractivity contribution in [1.82, 2.24) is 14.7 Å². The predicted octanol–water partition coefficient (Wildman–Crippen LogP) is 2.55. The molecular weight excluding hydrogens is 366 g/mol. The number of hydrogen-bond acceptors (Lipinski definition) is 4. The van der Waals surface area contributed by atoms with Gasteiger partial charge in [-0.3, -0.25) is 14.5 Å². The Bertz CT molecular complexity index is 866. The Morgan fingerprint density at radius 3 is 2.17 bits per heavy atom. The van der Waals surface area contributed by atoms with Gasteiger partial charge in [-0.1, -0.05) is 36.4 Å². The van der Waals surface area contributed by atoms with E-state index in [-0.39, 0.29) is 17.7 Å². The number of carbonyl (C=O) groups is 2. The van der Waals surface area contributed by atoms with Crippen LogP contribution in [0.5, 0.6) is 11.5 Å². The van der Waals surface area contributed by atoms with Crippen LogP contribution < -0.4 is 4.74 Å². The molecule has 0 bridgehead atoms. The average molecular weight is 393 g/mol. The number of benzene rings is 2. The van der Waals surface area contributed by atoms with Gasteiger partial charge in [0.05, 0.1) is 12.5 Å². The van der Waals surface area contributed by atoms with Crippen molar-refractivity contribution in [3.63, 3.8) is 0 Å². The SMILES string of the molecule is CN(C)C(=O)CN1CCCN(C(=O)C2c3ccccc3Oc3ccccc32)CC1. The van der Waals surface area contributed by atoms with Gasteiger partial charge in [-0.15, -0.1) is 0 Å². The van der Waals surface area contributed by atoms with Crippen LogP contribution in [0.1, 0.15) is 23.5 Å². The van der Waals surface area contributed by atoms with Gasteiger partial charge in [0.25, 0.3) is 0 Å². The first kappa shape index (κ1) is 19.5. The lowest BCUT2D eigenvalue weighted by Gasteiger charge is -2.31. The molecule has 2 aromatic rings. The maximum Gasteiger partial charge on any atom is 0.236 e. The number of nitrogens with zero attached hydrogens (tertiary/aromatic N) is 3. The van der Waals surface area contributed by atoms with Crippen LogP contribution in [-0.2, 0) is 9.59 Å². The van der Waals surface area contributed by atoms with Crippen LogP contribution >= 0.6 is 0 Å². The van der Waals surface area contributed by atoms with Gasteiger partial charge in [-0.2, -0.15) is 0 Å². The fraction of sp³-hybridized carbons (Fsp3) is 0.391. The third-order valence-electron chi connectivity index (χ3n) is 5.68. The van der Waals surface area contributed by atoms with E-state index in [1.807, 2.05) is 53.4 Å². The van der Waals surface area contributed by atoms with Crippen LogP contribution in [0.15, 0.2) is 48.5 Å². The van der Waals surface area contributed by atoms with Gasteiger partial charge >= 0.3 is 0 Å². The molecule has 6 heteroatoms. The van der Waals surface area contributed by atoms with Gasteiger partial charge in [-0.05, 0) is 18.6 Å². The molecule has 0 aliphatic carbocycles. The Hall–Kier alpha value is -2.86. The molecule has 2 aliphatic rings. The summed E-state index contributed by atoms with van der Waals surface area (Å²) < 4.78 is 6.03. The van der Waals surface area contributed by atoms with Crippen molar-refractivity contribution in [3.05, 3.63) is 59.7 Å². The van der Waals surface area contributed by atoms with Gasteiger partial charge in [-0.25, -0.2) is 0 Å². The number of carbonyl (C=O) groups excluding carboxylic acids is 2. The van der Waals surface area contributed by atoms with Crippen LogP contribution in [0.25, 0.3) is 0 Å². The number of rotatable bonds is 3. The van der Waals surface area contributed by atoms with Crippen LogP contribution in [0.2, 0.25) is 0 Å². The molecule has 0 atom stereocenters. The lowest BCUT2D eigenvalue weighted by atomic mass is 9.87. The molecule has 1 saturated heterocycles. The summed E-state index contributed by atoms with van der Waals surface area (Å²) in [6, 6.07) is 15.6. The summed E-state index contributed by atoms with van der Waals surface area (Å²) in [5.74, 6) is 1.34. The summed E-state index contributed by atoms with van der Waals surface area (Å²) in [6.07, 6.45) is 0.860. The summed E-state index contributed by atoms with van der Waals surface area (Å²) in [5, 5.41) is 0. The first-order valence-corrected chi connectivity index (χ1v) is 10.1. The second-order valence-corrected chi connectivity index (χ2v) is 7.85. The molecule has 6 nitrogen and oxygen atoms in total. The number of fused-ring (bicyclic) bond motifs is 2. The topological polar surface area (TPSA) is 53.1 Å². The summed E-state index contributed by atoms with van der Waals surface area (Å²) in [4.78, 5) is 31.4. The maximum atomic E-state index is 13.6. The van der Waals surface area contributed by atoms with Gasteiger partial charge < -0.3 is 14.5 Å². The molecule has 0 saturated carbocycles. The van der Waals surface area contributed by atoms with E-state index in [0.717, 1.165) is 35.6 Å². The van der Waals surface area contributed by atoms with E-state index in [2.05, 4.69) is 4.90 Å². The van der Waals surface area contributed by atoms with E-state index < -0.39 is 0 Å². The molecule has 2 amide bonds. The number of amides is 2. The first-order chi connectivity index (χ1) is 14.0. The van der Waals surface area contributed by atoms with Crippen molar-refractivity contribution in [2.24, 2.45) is 0 Å². The maximum absolute atomic E-state index is 13.6. The highest BCUT2D eigenvalue weighted by molar-refractivity contribution is 5.89. The zero-order chi connectivity index (χ0) is 20.4. The van der Waals surface area contributed by atoms with Crippen LogP contribution in [0, 0.1) is 0 Å². The monoisotopic (exact) mass is 393 g/mol. The minimum atomic E-state index is -0.355. The summed E-state index contributed by atoms with van der Waals surface area (Å²) in [6.45, 7) is 3.26. The lowest BCUT2D eigenvalue weighted by molar-refractivity contribution is -0.131. The zero-order valence-electron chi connectivity index (χ0n) is 17.0. The fourth-order valence-electron chi connectivity index (χ4n) is 4.04. The standard InChI is InChI=1S/C23H27N3O3/c1-24(2)21(27)16-25-12-7-13-26(15-14-25)23(28)22-17-8-3-5-10-19(17)29-20-11-6-4-9-18(20)22/h3-6,8-11,22H,7,12-16H2,1-2H3. The highest BCUT2D eigenvalue weighted by Gasteiger charge is 2.35. The highest BCUT2D eigenvalue weighted by Crippen LogP contribution is 2.44. The lowest BCUT2D eigenvalue weighted by Crippen LogP contribution is -2.41. The van der Waals surface area contributed by atoms with E-state index in [1.54, 1.807) is 19.0 Å². The van der Waals surface area contributed by atoms with E-state index in [1.165, 1.54) is 0 Å². The normalized spacial score (nSPS) is 17.0. The molecule has 2 aliphatic heterocycles. The smallest absolute Gasteiger partial charge is 0.236 e. The molecular formula is C23H27N3O3. The van der Waals surface area contributed by atoms with E-state index in [4.69, 9.17) is 4.74 Å². The van der Waals surface area contributed by atoms with Crippen molar-refractivity contribution >= 4 is 11.8 Å². The molecule has 1 fully saturated rings. The van der Waals surface area contributed by atoms with Crippen molar-refractivity contribution in [2.45, 2.75) is 12.3 Å². The second-order valence-electron chi connectivity index (χ2n) is 7.85. The molecule has 0 N–H and O–H groups in total. The minimum Gasteiger partial charge on any atom is -0.457 e. The summed E-state index contributed by atoms with van der Waals surface area (Å²) in [7, 11) is 3.55. The molecule has 2 heterocycles. The molecule has 4 rings (SSSR count). The minimum absolute atomic E-state index is 0.0945. The number of hydrogen-bond donors (Lipinski definition) is 0. The number of para-hydroxylation sites is 2. The van der Waals surface area contributed by atoms with E-state index in [9.17, 15) is 9.59 Å². The second kappa shape index (κ2) is 8.25. The molecule has 0 radical (unpaired) electrons. The number of ether oxygens (including phenoxy) is 1. The third-order valence-corrected chi connectivity index (χ3v) is 5.68. The largest absolute Gasteiger partial charge is 0.457 e. The Labute approximate surface area is 171 Å². The number of likely N-dealkylation sites (N-methyl/N-ethyl adjacent to an activating group) is 1. The van der Waals surface area contributed by atoms with Gasteiger partial charge in [0.1, 0.15) is 11.5 Å². The molecule has 2 aromatic carbocycles. The highest BCUT2D eigenvalue weighted by atomic mass is 16.5. The summed E-state index contributed by atoms with van der Waals surface area (Å²) >= 11 is 0. The van der Waals surface area contributed by atoms with Crippen molar-refractivity contribution in [3.8, 4) is 11.5 Å². The van der Waals surface area contributed by atoms with Crippen LogP contribution in [-0.4, -0.2) is 73.3 Å². The van der Waals surface area contributed by atoms with Crippen LogP contribution in [0.4, 0.5) is 0 Å². The van der Waals surface area contributed by atoms with Crippen LogP contribution in [0.3, 0.4) is 0 Å². The summed E-state index contributed by atoms with van der Waals surface area (Å²) in [5.41, 5.74) is 1.83. The fourth-order valence-corrected chi connectivity index (χ4v) is 4.04. The van der Waals surface area contributed by atoms with E-state index >= 15 is 0 Å². The van der Waals surface area contributed by atoms with Gasteiger partial charge in [0.2, 0.25) is 11.8 Å². The van der Waals surface area contributed by atoms with Gasteiger partial charge in [0.15, 0.2) is 0 Å². The Kier molecular flexibility index (Phi) is 5.53. The zero-order valence-corrected chi connectivity index (χ0v) is 17.0. The quantitative estimate of drug-likeness (QED) is 0.804. The Morgan fingerprint density at radius 1 is 0.931 bits per heavy atom.